The highest BCUT2D eigenvalue weighted by atomic mass is 19.1. The van der Waals surface area contributed by atoms with Gasteiger partial charge in [-0.3, -0.25) is 4.79 Å². The Labute approximate surface area is 209 Å². The molecule has 36 heavy (non-hydrogen) atoms. The summed E-state index contributed by atoms with van der Waals surface area (Å²) in [5.41, 5.74) is 9.15. The summed E-state index contributed by atoms with van der Waals surface area (Å²) in [5, 5.41) is 20.7. The van der Waals surface area contributed by atoms with Gasteiger partial charge in [0, 0.05) is 25.2 Å². The number of carbonyl (C=O) groups excluding carboxylic acids is 1. The number of nitrogens with zero attached hydrogens (tertiary/aromatic N) is 1. The van der Waals surface area contributed by atoms with Gasteiger partial charge in [0.15, 0.2) is 11.5 Å². The second-order valence-corrected chi connectivity index (χ2v) is 8.84. The van der Waals surface area contributed by atoms with E-state index >= 15 is 0 Å². The van der Waals surface area contributed by atoms with Crippen molar-refractivity contribution in [3.8, 4) is 11.5 Å². The third-order valence-electron chi connectivity index (χ3n) is 6.02. The van der Waals surface area contributed by atoms with Crippen LogP contribution in [-0.4, -0.2) is 46.8 Å². The molecule has 0 aliphatic heterocycles. The predicted octanol–water partition coefficient (Wildman–Crippen LogP) is 3.74. The maximum atomic E-state index is 13.6. The van der Waals surface area contributed by atoms with Crippen LogP contribution in [0.1, 0.15) is 29.2 Å². The van der Waals surface area contributed by atoms with Crippen LogP contribution in [-0.2, 0) is 30.6 Å². The minimum absolute atomic E-state index is 0.0151. The number of aromatic hydroxyl groups is 1. The first-order chi connectivity index (χ1) is 17.2. The number of ether oxygens (including phenoxy) is 1. The topological polar surface area (TPSA) is 96.0 Å². The number of hydrogen-bond acceptors (Lipinski definition) is 5. The summed E-state index contributed by atoms with van der Waals surface area (Å²) in [6, 6.07) is 14.8. The van der Waals surface area contributed by atoms with Crippen LogP contribution in [0, 0.1) is 11.6 Å². The Bertz CT molecular complexity index is 1170. The van der Waals surface area contributed by atoms with Gasteiger partial charge in [0.05, 0.1) is 19.6 Å². The number of hydrogen-bond donors (Lipinski definition) is 3. The number of phenolic OH excluding ortho intramolecular Hbond substituents is 1. The zero-order valence-corrected chi connectivity index (χ0v) is 20.5. The lowest BCUT2D eigenvalue weighted by Gasteiger charge is -2.28. The molecule has 0 saturated heterocycles. The van der Waals surface area contributed by atoms with Gasteiger partial charge >= 0.3 is 0 Å². The second-order valence-electron chi connectivity index (χ2n) is 8.84. The van der Waals surface area contributed by atoms with Gasteiger partial charge in [0.25, 0.3) is 0 Å². The van der Waals surface area contributed by atoms with E-state index in [0.717, 1.165) is 23.6 Å². The molecule has 0 bridgehead atoms. The molecule has 0 spiro atoms. The van der Waals surface area contributed by atoms with E-state index in [2.05, 4.69) is 0 Å². The molecule has 0 aliphatic carbocycles. The zero-order chi connectivity index (χ0) is 26.2. The monoisotopic (exact) mass is 498 g/mol. The first-order valence-corrected chi connectivity index (χ1v) is 11.8. The molecule has 4 N–H and O–H groups in total. The molecule has 0 saturated carbocycles. The van der Waals surface area contributed by atoms with Gasteiger partial charge < -0.3 is 25.6 Å². The van der Waals surface area contributed by atoms with Crippen LogP contribution in [0.5, 0.6) is 11.5 Å². The summed E-state index contributed by atoms with van der Waals surface area (Å²) in [7, 11) is 1.43. The van der Waals surface area contributed by atoms with Gasteiger partial charge in [-0.05, 0) is 59.4 Å². The van der Waals surface area contributed by atoms with Crippen molar-refractivity contribution in [1.29, 1.82) is 0 Å². The highest BCUT2D eigenvalue weighted by Crippen LogP contribution is 2.27. The largest absolute Gasteiger partial charge is 0.504 e. The van der Waals surface area contributed by atoms with Crippen LogP contribution in [0.15, 0.2) is 60.7 Å². The number of aliphatic hydroxyl groups is 1. The normalized spacial score (nSPS) is 12.7. The predicted molar refractivity (Wildman–Crippen MR) is 134 cm³/mol. The molecule has 3 aromatic rings. The number of phenols is 1. The Hall–Kier alpha value is -3.49. The molecule has 3 aromatic carbocycles. The third-order valence-corrected chi connectivity index (χ3v) is 6.02. The number of aryl methyl sites for hydroxylation is 1. The van der Waals surface area contributed by atoms with Crippen molar-refractivity contribution in [2.24, 2.45) is 5.73 Å². The summed E-state index contributed by atoms with van der Waals surface area (Å²) < 4.78 is 32.3. The molecular weight excluding hydrogens is 466 g/mol. The van der Waals surface area contributed by atoms with E-state index in [4.69, 9.17) is 10.5 Å². The van der Waals surface area contributed by atoms with Crippen molar-refractivity contribution in [3.63, 3.8) is 0 Å². The summed E-state index contributed by atoms with van der Waals surface area (Å²) in [6.07, 6.45) is -0.240. The molecule has 192 valence electrons. The maximum Gasteiger partial charge on any atom is 0.227 e. The van der Waals surface area contributed by atoms with E-state index in [-0.39, 0.29) is 43.3 Å². The van der Waals surface area contributed by atoms with Gasteiger partial charge in [0.2, 0.25) is 5.91 Å². The molecule has 0 fully saturated rings. The lowest BCUT2D eigenvalue weighted by molar-refractivity contribution is -0.132. The molecule has 3 rings (SSSR count). The SMILES string of the molecule is CCc1cccc(CN(CC(O)C(N)Cc2cc(F)cc(F)c2)C(=O)Cc2ccc(O)c(OC)c2)c1. The minimum Gasteiger partial charge on any atom is -0.504 e. The van der Waals surface area contributed by atoms with E-state index in [1.807, 2.05) is 31.2 Å². The smallest absolute Gasteiger partial charge is 0.227 e. The molecule has 8 heteroatoms. The van der Waals surface area contributed by atoms with Crippen molar-refractivity contribution >= 4 is 5.91 Å². The molecule has 2 atom stereocenters. The summed E-state index contributed by atoms with van der Waals surface area (Å²) in [6.45, 7) is 2.22. The van der Waals surface area contributed by atoms with Gasteiger partial charge in [-0.2, -0.15) is 0 Å². The average molecular weight is 499 g/mol. The Balaban J connectivity index is 1.78. The van der Waals surface area contributed by atoms with Crippen molar-refractivity contribution in [3.05, 3.63) is 94.6 Å². The fourth-order valence-corrected chi connectivity index (χ4v) is 4.04. The number of aliphatic hydroxyl groups excluding tert-OH is 1. The van der Waals surface area contributed by atoms with Gasteiger partial charge in [-0.15, -0.1) is 0 Å². The Morgan fingerprint density at radius 2 is 1.69 bits per heavy atom. The van der Waals surface area contributed by atoms with E-state index < -0.39 is 23.8 Å². The van der Waals surface area contributed by atoms with E-state index in [1.54, 1.807) is 12.1 Å². The molecule has 1 amide bonds. The molecule has 0 heterocycles. The van der Waals surface area contributed by atoms with Crippen molar-refractivity contribution < 1.29 is 28.5 Å². The highest BCUT2D eigenvalue weighted by molar-refractivity contribution is 5.79. The lowest BCUT2D eigenvalue weighted by atomic mass is 10.0. The number of halogens is 2. The molecule has 0 aliphatic rings. The number of methoxy groups -OCH3 is 1. The van der Waals surface area contributed by atoms with Crippen molar-refractivity contribution in [2.45, 2.75) is 44.9 Å². The molecule has 2 unspecified atom stereocenters. The van der Waals surface area contributed by atoms with Crippen LogP contribution in [0.3, 0.4) is 0 Å². The third kappa shape index (κ3) is 7.50. The van der Waals surface area contributed by atoms with Crippen LogP contribution in [0.2, 0.25) is 0 Å². The number of nitrogens with two attached hydrogens (primary N) is 1. The van der Waals surface area contributed by atoms with Crippen LogP contribution >= 0.6 is 0 Å². The summed E-state index contributed by atoms with van der Waals surface area (Å²) >= 11 is 0. The lowest BCUT2D eigenvalue weighted by Crippen LogP contribution is -2.46. The molecule has 6 nitrogen and oxygen atoms in total. The molecule has 0 radical (unpaired) electrons. The van der Waals surface area contributed by atoms with Crippen LogP contribution in [0.4, 0.5) is 8.78 Å². The quantitative estimate of drug-likeness (QED) is 0.374. The number of carbonyl (C=O) groups is 1. The fraction of sp³-hybridized carbons (Fsp3) is 0.321. The zero-order valence-electron chi connectivity index (χ0n) is 20.5. The number of rotatable bonds is 11. The summed E-state index contributed by atoms with van der Waals surface area (Å²) in [5.74, 6) is -1.47. The Morgan fingerprint density at radius 3 is 2.36 bits per heavy atom. The highest BCUT2D eigenvalue weighted by Gasteiger charge is 2.23. The van der Waals surface area contributed by atoms with Gasteiger partial charge in [0.1, 0.15) is 11.6 Å². The van der Waals surface area contributed by atoms with Gasteiger partial charge in [-0.25, -0.2) is 8.78 Å². The second kappa shape index (κ2) is 12.5. The van der Waals surface area contributed by atoms with Crippen molar-refractivity contribution in [2.75, 3.05) is 13.7 Å². The van der Waals surface area contributed by atoms with E-state index in [9.17, 15) is 23.8 Å². The summed E-state index contributed by atoms with van der Waals surface area (Å²) in [4.78, 5) is 14.9. The Morgan fingerprint density at radius 1 is 1.00 bits per heavy atom. The van der Waals surface area contributed by atoms with Crippen LogP contribution < -0.4 is 10.5 Å². The van der Waals surface area contributed by atoms with Crippen LogP contribution in [0.25, 0.3) is 0 Å². The minimum atomic E-state index is -1.14. The van der Waals surface area contributed by atoms with Crippen molar-refractivity contribution in [1.82, 2.24) is 4.90 Å². The number of amides is 1. The van der Waals surface area contributed by atoms with Gasteiger partial charge in [-0.1, -0.05) is 37.3 Å². The molecule has 0 aromatic heterocycles. The molecular formula is C28H32F2N2O4. The number of benzene rings is 3. The fourth-order valence-electron chi connectivity index (χ4n) is 4.04. The Kier molecular flexibility index (Phi) is 9.38. The maximum absolute atomic E-state index is 13.6. The van der Waals surface area contributed by atoms with E-state index in [1.165, 1.54) is 30.2 Å². The van der Waals surface area contributed by atoms with E-state index in [0.29, 0.717) is 11.1 Å². The standard InChI is InChI=1S/C28H32F2N2O4/c1-3-18-5-4-6-20(9-18)16-32(28(35)14-19-7-8-25(33)27(13-19)36-2)17-26(34)24(31)12-21-10-22(29)15-23(30)11-21/h4-11,13,15,24,26,33-34H,3,12,14,16-17,31H2,1-2H3. The first kappa shape index (κ1) is 27.1. The average Bonchev–Trinajstić information content (AvgIpc) is 2.84. The first-order valence-electron chi connectivity index (χ1n) is 11.8.